The summed E-state index contributed by atoms with van der Waals surface area (Å²) in [6, 6.07) is 56.8. The molecule has 7 aromatic rings. The van der Waals surface area contributed by atoms with Crippen LogP contribution in [-0.4, -0.2) is 9.97 Å². The van der Waals surface area contributed by atoms with Crippen LogP contribution in [0.4, 0.5) is 0 Å². The molecule has 10 rings (SSSR count). The Morgan fingerprint density at radius 2 is 0.931 bits per heavy atom. The van der Waals surface area contributed by atoms with Gasteiger partial charge < -0.3 is 5.32 Å². The summed E-state index contributed by atoms with van der Waals surface area (Å²) in [7, 11) is 0. The number of allylic oxidation sites excluding steroid dienone is 8. The highest BCUT2D eigenvalue weighted by atomic mass is 14.9. The summed E-state index contributed by atoms with van der Waals surface area (Å²) in [5, 5.41) is 3.93. The lowest BCUT2D eigenvalue weighted by molar-refractivity contribution is 0.737. The minimum Gasteiger partial charge on any atom is -0.374 e. The van der Waals surface area contributed by atoms with Crippen LogP contribution in [0.2, 0.25) is 0 Å². The standard InChI is InChI=1S/C55H43N3/c1-5-15-38(16-6-1)47-34-50(40-17-7-2-8-18-40)57-53(35-47)43-29-31-45(32-30-43)55-49-24-14-13-23-46(49)33-54(58-55)44-27-25-39(26-28-44)48-36-51(41-19-9-3-10-20-41)56-52(37-48)42-21-11-4-12-22-42/h1-17,19-21,23-37,40,42,55,58H,18,22H2. The zero-order chi connectivity index (χ0) is 38.7. The van der Waals surface area contributed by atoms with Gasteiger partial charge >= 0.3 is 0 Å². The average Bonchev–Trinajstić information content (AvgIpc) is 3.32. The molecule has 278 valence electrons. The van der Waals surface area contributed by atoms with Gasteiger partial charge in [0.25, 0.3) is 0 Å². The first-order valence-electron chi connectivity index (χ1n) is 20.3. The smallest absolute Gasteiger partial charge is 0.0773 e. The number of hydrogen-bond acceptors (Lipinski definition) is 3. The SMILES string of the molecule is C1=CCC(c2cc(-c3ccc(C4=Cc5ccccc5C(c5ccc(-c6cc(-c7ccccc7)cc(C7C=CC=CC7)n6)cc5)N4)cc3)cc(-c3ccccc3)n2)C=C1. The van der Waals surface area contributed by atoms with E-state index >= 15 is 0 Å². The summed E-state index contributed by atoms with van der Waals surface area (Å²) in [5.74, 6) is 0.527. The van der Waals surface area contributed by atoms with E-state index in [1.807, 2.05) is 0 Å². The Hall–Kier alpha value is -7.10. The van der Waals surface area contributed by atoms with Crippen LogP contribution in [0.3, 0.4) is 0 Å². The number of benzene rings is 5. The van der Waals surface area contributed by atoms with Crippen LogP contribution in [-0.2, 0) is 0 Å². The second-order valence-corrected chi connectivity index (χ2v) is 15.3. The quantitative estimate of drug-likeness (QED) is 0.168. The van der Waals surface area contributed by atoms with Gasteiger partial charge in [-0.1, -0.05) is 182 Å². The number of rotatable bonds is 8. The normalized spacial score (nSPS) is 18.0. The van der Waals surface area contributed by atoms with Crippen LogP contribution < -0.4 is 5.32 Å². The highest BCUT2D eigenvalue weighted by molar-refractivity contribution is 5.85. The molecule has 58 heavy (non-hydrogen) atoms. The Labute approximate surface area is 341 Å². The molecule has 1 aliphatic heterocycles. The van der Waals surface area contributed by atoms with E-state index in [9.17, 15) is 0 Å². The fourth-order valence-electron chi connectivity index (χ4n) is 8.41. The van der Waals surface area contributed by atoms with Crippen LogP contribution in [0, 0.1) is 0 Å². The van der Waals surface area contributed by atoms with Gasteiger partial charge in [0.2, 0.25) is 0 Å². The third-order valence-corrected chi connectivity index (χ3v) is 11.6. The van der Waals surface area contributed by atoms with Crippen molar-refractivity contribution in [3.8, 4) is 44.8 Å². The Kier molecular flexibility index (Phi) is 9.62. The fourth-order valence-corrected chi connectivity index (χ4v) is 8.41. The van der Waals surface area contributed by atoms with Crippen molar-refractivity contribution in [1.82, 2.24) is 15.3 Å². The van der Waals surface area contributed by atoms with E-state index in [-0.39, 0.29) is 17.9 Å². The molecule has 0 amide bonds. The van der Waals surface area contributed by atoms with E-state index < -0.39 is 0 Å². The van der Waals surface area contributed by atoms with Crippen LogP contribution in [0.1, 0.15) is 64.4 Å². The van der Waals surface area contributed by atoms with Gasteiger partial charge in [0.05, 0.1) is 17.4 Å². The van der Waals surface area contributed by atoms with Gasteiger partial charge in [-0.05, 0) is 87.7 Å². The molecule has 3 nitrogen and oxygen atoms in total. The van der Waals surface area contributed by atoms with Gasteiger partial charge in [0.15, 0.2) is 0 Å². The van der Waals surface area contributed by atoms with Crippen LogP contribution in [0.25, 0.3) is 56.5 Å². The lowest BCUT2D eigenvalue weighted by Crippen LogP contribution is -2.25. The lowest BCUT2D eigenvalue weighted by atomic mass is 9.88. The fraction of sp³-hybridized carbons (Fsp3) is 0.0909. The third-order valence-electron chi connectivity index (χ3n) is 11.6. The molecule has 1 N–H and O–H groups in total. The lowest BCUT2D eigenvalue weighted by Gasteiger charge is -2.29. The molecule has 0 fully saturated rings. The Bertz CT molecular complexity index is 2740. The number of pyridine rings is 2. The summed E-state index contributed by atoms with van der Waals surface area (Å²) in [6.07, 6.45) is 21.7. The molecule has 3 atom stereocenters. The van der Waals surface area contributed by atoms with E-state index in [1.54, 1.807) is 0 Å². The molecule has 3 unspecified atom stereocenters. The minimum absolute atomic E-state index is 0.00273. The van der Waals surface area contributed by atoms with E-state index in [2.05, 4.69) is 218 Å². The first-order chi connectivity index (χ1) is 28.7. The van der Waals surface area contributed by atoms with E-state index in [4.69, 9.17) is 9.97 Å². The monoisotopic (exact) mass is 745 g/mol. The average molecular weight is 746 g/mol. The minimum atomic E-state index is -0.00273. The Morgan fingerprint density at radius 1 is 0.431 bits per heavy atom. The van der Waals surface area contributed by atoms with E-state index in [0.717, 1.165) is 58.0 Å². The molecule has 5 aromatic carbocycles. The molecule has 2 aromatic heterocycles. The molecule has 3 heteroatoms. The molecule has 3 aliphatic rings. The van der Waals surface area contributed by atoms with Crippen molar-refractivity contribution in [1.29, 1.82) is 0 Å². The maximum absolute atomic E-state index is 5.24. The highest BCUT2D eigenvalue weighted by Gasteiger charge is 2.24. The second-order valence-electron chi connectivity index (χ2n) is 15.3. The second kappa shape index (κ2) is 15.8. The van der Waals surface area contributed by atoms with Crippen molar-refractivity contribution in [3.63, 3.8) is 0 Å². The molecule has 3 heterocycles. The van der Waals surface area contributed by atoms with Crippen molar-refractivity contribution in [2.75, 3.05) is 0 Å². The van der Waals surface area contributed by atoms with Crippen molar-refractivity contribution in [2.24, 2.45) is 0 Å². The van der Waals surface area contributed by atoms with Gasteiger partial charge in [-0.25, -0.2) is 0 Å². The first-order valence-corrected chi connectivity index (χ1v) is 20.3. The van der Waals surface area contributed by atoms with Gasteiger partial charge in [-0.2, -0.15) is 0 Å². The number of aromatic nitrogens is 2. The predicted molar refractivity (Wildman–Crippen MR) is 241 cm³/mol. The van der Waals surface area contributed by atoms with Crippen molar-refractivity contribution in [2.45, 2.75) is 30.7 Å². The van der Waals surface area contributed by atoms with Gasteiger partial charge in [0, 0.05) is 40.0 Å². The molecule has 0 bridgehead atoms. The van der Waals surface area contributed by atoms with Crippen LogP contribution in [0.5, 0.6) is 0 Å². The van der Waals surface area contributed by atoms with E-state index in [0.29, 0.717) is 0 Å². The highest BCUT2D eigenvalue weighted by Crippen LogP contribution is 2.38. The van der Waals surface area contributed by atoms with Gasteiger partial charge in [0.1, 0.15) is 0 Å². The number of nitrogens with zero attached hydrogens (tertiary/aromatic N) is 2. The molecule has 0 saturated heterocycles. The summed E-state index contributed by atoms with van der Waals surface area (Å²) in [4.78, 5) is 10.4. The number of fused-ring (bicyclic) bond motifs is 1. The van der Waals surface area contributed by atoms with Crippen LogP contribution >= 0.6 is 0 Å². The maximum Gasteiger partial charge on any atom is 0.0773 e. The molecule has 0 spiro atoms. The van der Waals surface area contributed by atoms with Crippen molar-refractivity contribution >= 4 is 11.8 Å². The Balaban J connectivity index is 0.950. The summed E-state index contributed by atoms with van der Waals surface area (Å²) >= 11 is 0. The van der Waals surface area contributed by atoms with Gasteiger partial charge in [-0.3, -0.25) is 9.97 Å². The molecule has 2 aliphatic carbocycles. The number of hydrogen-bond donors (Lipinski definition) is 1. The summed E-state index contributed by atoms with van der Waals surface area (Å²) < 4.78 is 0. The van der Waals surface area contributed by atoms with E-state index in [1.165, 1.54) is 38.9 Å². The summed E-state index contributed by atoms with van der Waals surface area (Å²) in [5.41, 5.74) is 17.1. The van der Waals surface area contributed by atoms with Crippen LogP contribution in [0.15, 0.2) is 206 Å². The predicted octanol–water partition coefficient (Wildman–Crippen LogP) is 13.5. The maximum atomic E-state index is 5.24. The van der Waals surface area contributed by atoms with Crippen molar-refractivity contribution < 1.29 is 0 Å². The van der Waals surface area contributed by atoms with Gasteiger partial charge in [-0.15, -0.1) is 0 Å². The Morgan fingerprint density at radius 3 is 1.52 bits per heavy atom. The zero-order valence-electron chi connectivity index (χ0n) is 32.2. The van der Waals surface area contributed by atoms with Crippen molar-refractivity contribution in [3.05, 3.63) is 240 Å². The topological polar surface area (TPSA) is 37.8 Å². The zero-order valence-corrected chi connectivity index (χ0v) is 32.2. The molecule has 0 saturated carbocycles. The summed E-state index contributed by atoms with van der Waals surface area (Å²) in [6.45, 7) is 0. The molecular weight excluding hydrogens is 703 g/mol. The number of nitrogens with one attached hydrogen (secondary N) is 1. The first kappa shape index (κ1) is 35.3. The third kappa shape index (κ3) is 7.31. The largest absolute Gasteiger partial charge is 0.374 e. The molecule has 0 radical (unpaired) electrons. The molecular formula is C55H43N3.